The normalized spacial score (nSPS) is 11.4. The van der Waals surface area contributed by atoms with Gasteiger partial charge < -0.3 is 14.8 Å². The van der Waals surface area contributed by atoms with Crippen molar-refractivity contribution < 1.29 is 23.5 Å². The number of carbonyl (C=O) groups excluding carboxylic acids is 2. The van der Waals surface area contributed by atoms with E-state index in [4.69, 9.17) is 9.47 Å². The van der Waals surface area contributed by atoms with Crippen molar-refractivity contribution in [2.24, 2.45) is 0 Å². The average Bonchev–Trinajstić information content (AvgIpc) is 2.64. The first-order valence-electron chi connectivity index (χ1n) is 7.90. The Morgan fingerprint density at radius 1 is 1.04 bits per heavy atom. The van der Waals surface area contributed by atoms with Gasteiger partial charge in [-0.1, -0.05) is 37.3 Å². The Morgan fingerprint density at radius 3 is 2.40 bits per heavy atom. The topological polar surface area (TPSA) is 64.6 Å². The molecule has 1 amide bonds. The maximum Gasteiger partial charge on any atom is 0.344 e. The molecule has 25 heavy (non-hydrogen) atoms. The maximum absolute atomic E-state index is 12.7. The number of benzene rings is 2. The number of rotatable bonds is 8. The van der Waals surface area contributed by atoms with E-state index in [-0.39, 0.29) is 25.0 Å². The van der Waals surface area contributed by atoms with E-state index in [0.29, 0.717) is 12.3 Å². The Kier molecular flexibility index (Phi) is 6.95. The van der Waals surface area contributed by atoms with Crippen molar-refractivity contribution in [1.82, 2.24) is 5.32 Å². The van der Waals surface area contributed by atoms with E-state index in [1.807, 2.05) is 37.3 Å². The lowest BCUT2D eigenvalue weighted by Crippen LogP contribution is -2.32. The second-order valence-electron chi connectivity index (χ2n) is 5.52. The molecule has 2 aromatic carbocycles. The van der Waals surface area contributed by atoms with E-state index >= 15 is 0 Å². The number of hydrogen-bond acceptors (Lipinski definition) is 4. The number of carbonyl (C=O) groups is 2. The zero-order valence-corrected chi connectivity index (χ0v) is 13.9. The van der Waals surface area contributed by atoms with Crippen LogP contribution in [-0.2, 0) is 14.3 Å². The van der Waals surface area contributed by atoms with E-state index in [1.54, 1.807) is 0 Å². The van der Waals surface area contributed by atoms with E-state index < -0.39 is 11.8 Å². The SMILES string of the molecule is C[C@@H](CNC(=O)COC(=O)COc1ccc(F)cc1)c1ccccc1. The van der Waals surface area contributed by atoms with Gasteiger partial charge in [0.15, 0.2) is 13.2 Å². The zero-order valence-electron chi connectivity index (χ0n) is 13.9. The predicted molar refractivity (Wildman–Crippen MR) is 90.7 cm³/mol. The van der Waals surface area contributed by atoms with Gasteiger partial charge in [-0.3, -0.25) is 4.79 Å². The third-order valence-electron chi connectivity index (χ3n) is 3.51. The monoisotopic (exact) mass is 345 g/mol. The Labute approximate surface area is 145 Å². The molecule has 0 aliphatic rings. The van der Waals surface area contributed by atoms with Crippen LogP contribution in [0.25, 0.3) is 0 Å². The number of halogens is 1. The van der Waals surface area contributed by atoms with Gasteiger partial charge in [-0.15, -0.1) is 0 Å². The van der Waals surface area contributed by atoms with Gasteiger partial charge in [0, 0.05) is 6.54 Å². The van der Waals surface area contributed by atoms with E-state index in [1.165, 1.54) is 24.3 Å². The molecule has 0 aromatic heterocycles. The fraction of sp³-hybridized carbons (Fsp3) is 0.263. The highest BCUT2D eigenvalue weighted by atomic mass is 19.1. The smallest absolute Gasteiger partial charge is 0.344 e. The van der Waals surface area contributed by atoms with E-state index in [9.17, 15) is 14.0 Å². The lowest BCUT2D eigenvalue weighted by Gasteiger charge is -2.13. The van der Waals surface area contributed by atoms with Crippen LogP contribution in [0.1, 0.15) is 18.4 Å². The maximum atomic E-state index is 12.7. The van der Waals surface area contributed by atoms with Crippen molar-refractivity contribution in [2.75, 3.05) is 19.8 Å². The standard InChI is InChI=1S/C19H20FNO4/c1-14(15-5-3-2-4-6-15)11-21-18(22)12-25-19(23)13-24-17-9-7-16(20)8-10-17/h2-10,14H,11-13H2,1H3,(H,21,22)/t14-/m0/s1. The third-order valence-corrected chi connectivity index (χ3v) is 3.51. The summed E-state index contributed by atoms with van der Waals surface area (Å²) < 4.78 is 22.7. The summed E-state index contributed by atoms with van der Waals surface area (Å²) >= 11 is 0. The first kappa shape index (κ1) is 18.4. The van der Waals surface area contributed by atoms with E-state index in [0.717, 1.165) is 5.56 Å². The average molecular weight is 345 g/mol. The van der Waals surface area contributed by atoms with Crippen LogP contribution in [0.15, 0.2) is 54.6 Å². The number of nitrogens with one attached hydrogen (secondary N) is 1. The number of ether oxygens (including phenoxy) is 2. The minimum Gasteiger partial charge on any atom is -0.482 e. The quantitative estimate of drug-likeness (QED) is 0.747. The molecule has 6 heteroatoms. The fourth-order valence-corrected chi connectivity index (χ4v) is 2.08. The highest BCUT2D eigenvalue weighted by Gasteiger charge is 2.10. The van der Waals surface area contributed by atoms with Gasteiger partial charge in [0.25, 0.3) is 5.91 Å². The van der Waals surface area contributed by atoms with Gasteiger partial charge in [0.05, 0.1) is 0 Å². The second kappa shape index (κ2) is 9.42. The molecule has 0 fully saturated rings. The molecule has 0 bridgehead atoms. The molecule has 2 aromatic rings. The molecule has 0 aliphatic carbocycles. The molecule has 0 saturated heterocycles. The lowest BCUT2D eigenvalue weighted by molar-refractivity contribution is -0.150. The van der Waals surface area contributed by atoms with E-state index in [2.05, 4.69) is 5.32 Å². The van der Waals surface area contributed by atoms with Crippen LogP contribution < -0.4 is 10.1 Å². The van der Waals surface area contributed by atoms with Crippen molar-refractivity contribution in [3.05, 3.63) is 66.0 Å². The molecule has 0 radical (unpaired) electrons. The van der Waals surface area contributed by atoms with Crippen LogP contribution in [0.2, 0.25) is 0 Å². The highest BCUT2D eigenvalue weighted by Crippen LogP contribution is 2.13. The molecule has 132 valence electrons. The first-order valence-corrected chi connectivity index (χ1v) is 7.90. The molecule has 1 atom stereocenters. The molecule has 0 spiro atoms. The largest absolute Gasteiger partial charge is 0.482 e. The molecule has 0 heterocycles. The zero-order chi connectivity index (χ0) is 18.1. The van der Waals surface area contributed by atoms with Crippen molar-refractivity contribution in [1.29, 1.82) is 0 Å². The molecule has 1 N–H and O–H groups in total. The summed E-state index contributed by atoms with van der Waals surface area (Å²) in [6.45, 7) is 1.73. The number of hydrogen-bond donors (Lipinski definition) is 1. The summed E-state index contributed by atoms with van der Waals surface area (Å²) in [4.78, 5) is 23.3. The molecule has 0 saturated carbocycles. The van der Waals surface area contributed by atoms with Crippen LogP contribution in [0.4, 0.5) is 4.39 Å². The van der Waals surface area contributed by atoms with Gasteiger partial charge in [-0.25, -0.2) is 9.18 Å². The Hall–Kier alpha value is -2.89. The van der Waals surface area contributed by atoms with Crippen LogP contribution in [0.5, 0.6) is 5.75 Å². The highest BCUT2D eigenvalue weighted by molar-refractivity contribution is 5.80. The molecule has 5 nitrogen and oxygen atoms in total. The minimum absolute atomic E-state index is 0.155. The fourth-order valence-electron chi connectivity index (χ4n) is 2.08. The molecule has 0 aliphatic heterocycles. The van der Waals surface area contributed by atoms with Gasteiger partial charge in [0.2, 0.25) is 0 Å². The van der Waals surface area contributed by atoms with Gasteiger partial charge >= 0.3 is 5.97 Å². The molecule has 0 unspecified atom stereocenters. The summed E-state index contributed by atoms with van der Waals surface area (Å²) in [5.74, 6) is -0.938. The number of esters is 1. The first-order chi connectivity index (χ1) is 12.0. The summed E-state index contributed by atoms with van der Waals surface area (Å²) in [7, 11) is 0. The Balaban J connectivity index is 1.64. The molecular weight excluding hydrogens is 325 g/mol. The lowest BCUT2D eigenvalue weighted by atomic mass is 10.0. The summed E-state index contributed by atoms with van der Waals surface area (Å²) in [5, 5.41) is 2.72. The number of amides is 1. The summed E-state index contributed by atoms with van der Waals surface area (Å²) in [6.07, 6.45) is 0. The van der Waals surface area contributed by atoms with Gasteiger partial charge in [0.1, 0.15) is 11.6 Å². The van der Waals surface area contributed by atoms with Crippen molar-refractivity contribution in [3.8, 4) is 5.75 Å². The van der Waals surface area contributed by atoms with Gasteiger partial charge in [-0.2, -0.15) is 0 Å². The van der Waals surface area contributed by atoms with Crippen molar-refractivity contribution in [3.63, 3.8) is 0 Å². The molecule has 2 rings (SSSR count). The van der Waals surface area contributed by atoms with Crippen LogP contribution in [0.3, 0.4) is 0 Å². The van der Waals surface area contributed by atoms with Crippen LogP contribution >= 0.6 is 0 Å². The summed E-state index contributed by atoms with van der Waals surface area (Å²) in [5.41, 5.74) is 1.12. The van der Waals surface area contributed by atoms with Crippen molar-refractivity contribution in [2.45, 2.75) is 12.8 Å². The predicted octanol–water partition coefficient (Wildman–Crippen LogP) is 2.67. The Morgan fingerprint density at radius 2 is 1.72 bits per heavy atom. The minimum atomic E-state index is -0.671. The summed E-state index contributed by atoms with van der Waals surface area (Å²) in [6, 6.07) is 15.0. The van der Waals surface area contributed by atoms with Gasteiger partial charge in [-0.05, 0) is 35.7 Å². The van der Waals surface area contributed by atoms with Crippen molar-refractivity contribution >= 4 is 11.9 Å². The van der Waals surface area contributed by atoms with Crippen LogP contribution in [0, 0.1) is 5.82 Å². The third kappa shape index (κ3) is 6.63. The Bertz CT molecular complexity index is 688. The second-order valence-corrected chi connectivity index (χ2v) is 5.52. The van der Waals surface area contributed by atoms with Crippen LogP contribution in [-0.4, -0.2) is 31.6 Å². The molecular formula is C19H20FNO4.